The third-order valence-corrected chi connectivity index (χ3v) is 5.40. The largest absolute Gasteiger partial charge is 0.417 e. The zero-order chi connectivity index (χ0) is 16.9. The highest BCUT2D eigenvalue weighted by molar-refractivity contribution is 9.10. The molecule has 8 heteroatoms. The average Bonchev–Trinajstić information content (AvgIpc) is 3.08. The lowest BCUT2D eigenvalue weighted by Crippen LogP contribution is -2.44. The smallest absolute Gasteiger partial charge is 0.350 e. The molecular weight excluding hydrogens is 385 g/mol. The van der Waals surface area contributed by atoms with Crippen LogP contribution in [0.4, 0.5) is 19.0 Å². The Morgan fingerprint density at radius 2 is 1.75 bits per heavy atom. The number of rotatable bonds is 2. The quantitative estimate of drug-likeness (QED) is 0.747. The minimum absolute atomic E-state index is 0.306. The van der Waals surface area contributed by atoms with Crippen LogP contribution in [0.1, 0.15) is 37.3 Å². The number of anilines is 1. The standard InChI is InChI=1S/C16H16BrF3N4/c17-11-8-22-23(9-11)14-5-12-2-3-13(6-14)24(12)15-4-1-10(7-21-15)16(18,19)20/h1,4,7-9,12-14H,2-3,5-6H2. The minimum Gasteiger partial charge on any atom is -0.350 e. The van der Waals surface area contributed by atoms with Crippen molar-refractivity contribution in [3.8, 4) is 0 Å². The topological polar surface area (TPSA) is 34.0 Å². The lowest BCUT2D eigenvalue weighted by molar-refractivity contribution is -0.137. The van der Waals surface area contributed by atoms with E-state index in [4.69, 9.17) is 0 Å². The number of fused-ring (bicyclic) bond motifs is 2. The van der Waals surface area contributed by atoms with Crippen molar-refractivity contribution in [3.63, 3.8) is 0 Å². The Balaban J connectivity index is 1.54. The summed E-state index contributed by atoms with van der Waals surface area (Å²) >= 11 is 3.42. The van der Waals surface area contributed by atoms with Crippen LogP contribution in [0.5, 0.6) is 0 Å². The van der Waals surface area contributed by atoms with Gasteiger partial charge in [0.15, 0.2) is 0 Å². The third kappa shape index (κ3) is 2.81. The number of piperidine rings is 1. The van der Waals surface area contributed by atoms with Crippen LogP contribution in [-0.4, -0.2) is 26.8 Å². The zero-order valence-electron chi connectivity index (χ0n) is 12.7. The molecule has 0 N–H and O–H groups in total. The lowest BCUT2D eigenvalue weighted by Gasteiger charge is -2.39. The summed E-state index contributed by atoms with van der Waals surface area (Å²) in [6.45, 7) is 0. The van der Waals surface area contributed by atoms with Crippen molar-refractivity contribution in [3.05, 3.63) is 40.8 Å². The molecule has 0 aliphatic carbocycles. The van der Waals surface area contributed by atoms with Crippen molar-refractivity contribution < 1.29 is 13.2 Å². The predicted octanol–water partition coefficient (Wildman–Crippen LogP) is 4.43. The summed E-state index contributed by atoms with van der Waals surface area (Å²) in [7, 11) is 0. The second-order valence-corrected chi connectivity index (χ2v) is 7.37. The molecule has 0 spiro atoms. The summed E-state index contributed by atoms with van der Waals surface area (Å²) in [5.74, 6) is 0.649. The van der Waals surface area contributed by atoms with Gasteiger partial charge in [-0.3, -0.25) is 4.68 Å². The van der Waals surface area contributed by atoms with E-state index < -0.39 is 11.7 Å². The summed E-state index contributed by atoms with van der Waals surface area (Å²) in [4.78, 5) is 6.29. The molecule has 0 saturated carbocycles. The molecule has 0 aromatic carbocycles. The Morgan fingerprint density at radius 3 is 2.25 bits per heavy atom. The molecule has 2 bridgehead atoms. The van der Waals surface area contributed by atoms with E-state index >= 15 is 0 Å². The SMILES string of the molecule is FC(F)(F)c1ccc(N2C3CCC2CC(n2cc(Br)cn2)C3)nc1. The molecule has 0 radical (unpaired) electrons. The Hall–Kier alpha value is -1.57. The van der Waals surface area contributed by atoms with Crippen LogP contribution >= 0.6 is 15.9 Å². The van der Waals surface area contributed by atoms with Gasteiger partial charge in [-0.25, -0.2) is 4.98 Å². The molecule has 2 aromatic rings. The van der Waals surface area contributed by atoms with Gasteiger partial charge in [0.1, 0.15) is 5.82 Å². The van der Waals surface area contributed by atoms with E-state index in [0.29, 0.717) is 23.9 Å². The van der Waals surface area contributed by atoms with Crippen LogP contribution in [0.25, 0.3) is 0 Å². The van der Waals surface area contributed by atoms with Gasteiger partial charge in [0.05, 0.1) is 22.3 Å². The maximum Gasteiger partial charge on any atom is 0.417 e. The second kappa shape index (κ2) is 5.75. The Bertz CT molecular complexity index is 714. The van der Waals surface area contributed by atoms with Crippen molar-refractivity contribution in [1.29, 1.82) is 0 Å². The normalized spacial score (nSPS) is 26.8. The van der Waals surface area contributed by atoms with Crippen LogP contribution in [0.3, 0.4) is 0 Å². The highest BCUT2D eigenvalue weighted by Gasteiger charge is 2.42. The van der Waals surface area contributed by atoms with Crippen LogP contribution in [0.15, 0.2) is 35.2 Å². The first-order chi connectivity index (χ1) is 11.4. The van der Waals surface area contributed by atoms with Gasteiger partial charge in [0.2, 0.25) is 0 Å². The summed E-state index contributed by atoms with van der Waals surface area (Å²) in [5.41, 5.74) is -0.699. The van der Waals surface area contributed by atoms with Crippen molar-refractivity contribution in [2.75, 3.05) is 4.90 Å². The van der Waals surface area contributed by atoms with E-state index in [-0.39, 0.29) is 0 Å². The Labute approximate surface area is 145 Å². The third-order valence-electron chi connectivity index (χ3n) is 4.99. The molecule has 2 aromatic heterocycles. The van der Waals surface area contributed by atoms with Crippen molar-refractivity contribution in [2.24, 2.45) is 0 Å². The molecular formula is C16H16BrF3N4. The molecule has 24 heavy (non-hydrogen) atoms. The molecule has 2 aliphatic heterocycles. The summed E-state index contributed by atoms with van der Waals surface area (Å²) in [6.07, 6.45) is 4.33. The van der Waals surface area contributed by atoms with Crippen molar-refractivity contribution in [2.45, 2.75) is 50.0 Å². The van der Waals surface area contributed by atoms with E-state index in [2.05, 4.69) is 30.9 Å². The van der Waals surface area contributed by atoms with Gasteiger partial charge in [-0.15, -0.1) is 0 Å². The molecule has 2 atom stereocenters. The van der Waals surface area contributed by atoms with E-state index in [1.807, 2.05) is 10.9 Å². The van der Waals surface area contributed by atoms with Crippen LogP contribution in [0, 0.1) is 0 Å². The number of hydrogen-bond donors (Lipinski definition) is 0. The molecule has 2 unspecified atom stereocenters. The van der Waals surface area contributed by atoms with Gasteiger partial charge in [-0.1, -0.05) is 0 Å². The average molecular weight is 401 g/mol. The fourth-order valence-electron chi connectivity index (χ4n) is 3.96. The van der Waals surface area contributed by atoms with E-state index in [1.54, 1.807) is 6.20 Å². The minimum atomic E-state index is -4.34. The monoisotopic (exact) mass is 400 g/mol. The summed E-state index contributed by atoms with van der Waals surface area (Å²) < 4.78 is 41.1. The second-order valence-electron chi connectivity index (χ2n) is 6.46. The molecule has 4 nitrogen and oxygen atoms in total. The van der Waals surface area contributed by atoms with Gasteiger partial charge in [0.25, 0.3) is 0 Å². The van der Waals surface area contributed by atoms with E-state index in [0.717, 1.165) is 42.4 Å². The first-order valence-corrected chi connectivity index (χ1v) is 8.72. The molecule has 4 heterocycles. The molecule has 4 rings (SSSR count). The first kappa shape index (κ1) is 15.9. The molecule has 0 amide bonds. The van der Waals surface area contributed by atoms with Gasteiger partial charge in [-0.05, 0) is 53.7 Å². The van der Waals surface area contributed by atoms with Crippen LogP contribution in [0.2, 0.25) is 0 Å². The lowest BCUT2D eigenvalue weighted by atomic mass is 9.97. The highest BCUT2D eigenvalue weighted by Crippen LogP contribution is 2.43. The fraction of sp³-hybridized carbons (Fsp3) is 0.500. The van der Waals surface area contributed by atoms with Gasteiger partial charge >= 0.3 is 6.18 Å². The highest BCUT2D eigenvalue weighted by atomic mass is 79.9. The summed E-state index contributed by atoms with van der Waals surface area (Å²) in [5, 5.41) is 4.38. The molecule has 2 fully saturated rings. The zero-order valence-corrected chi connectivity index (χ0v) is 14.3. The maximum atomic E-state index is 12.7. The van der Waals surface area contributed by atoms with Gasteiger partial charge < -0.3 is 4.90 Å². The van der Waals surface area contributed by atoms with Crippen molar-refractivity contribution >= 4 is 21.7 Å². The number of aromatic nitrogens is 3. The Morgan fingerprint density at radius 1 is 1.04 bits per heavy atom. The Kier molecular flexibility index (Phi) is 3.82. The van der Waals surface area contributed by atoms with E-state index in [9.17, 15) is 13.2 Å². The van der Waals surface area contributed by atoms with Crippen LogP contribution < -0.4 is 4.90 Å². The van der Waals surface area contributed by atoms with Gasteiger partial charge in [0, 0.05) is 24.5 Å². The molecule has 2 saturated heterocycles. The molecule has 2 aliphatic rings. The first-order valence-electron chi connectivity index (χ1n) is 7.93. The number of pyridine rings is 1. The summed E-state index contributed by atoms with van der Waals surface area (Å²) in [6, 6.07) is 3.57. The van der Waals surface area contributed by atoms with Gasteiger partial charge in [-0.2, -0.15) is 18.3 Å². The van der Waals surface area contributed by atoms with E-state index in [1.165, 1.54) is 6.07 Å². The number of nitrogens with zero attached hydrogens (tertiary/aromatic N) is 4. The fourth-order valence-corrected chi connectivity index (χ4v) is 4.26. The number of hydrogen-bond acceptors (Lipinski definition) is 3. The predicted molar refractivity (Wildman–Crippen MR) is 86.7 cm³/mol. The van der Waals surface area contributed by atoms with Crippen molar-refractivity contribution in [1.82, 2.24) is 14.8 Å². The maximum absolute atomic E-state index is 12.7. The number of halogens is 4. The van der Waals surface area contributed by atoms with Crippen LogP contribution in [-0.2, 0) is 6.18 Å². The molecule has 128 valence electrons. The number of alkyl halides is 3.